The fourth-order valence-corrected chi connectivity index (χ4v) is 2.32. The molecule has 1 aliphatic rings. The van der Waals surface area contributed by atoms with E-state index >= 15 is 0 Å². The Morgan fingerprint density at radius 1 is 1.41 bits per heavy atom. The average molecular weight is 259 g/mol. The fraction of sp³-hybridized carbons (Fsp3) is 0.417. The maximum absolute atomic E-state index is 13.1. The van der Waals surface area contributed by atoms with Crippen molar-refractivity contribution in [1.29, 1.82) is 0 Å². The molecule has 92 valence electrons. The molecule has 0 bridgehead atoms. The Labute approximate surface area is 103 Å². The van der Waals surface area contributed by atoms with E-state index in [9.17, 15) is 14.3 Å². The number of carbonyl (C=O) groups is 1. The standard InChI is InChI=1S/C12H12ClFO3/c13-9-7-8(1-2-10(9)14)12(11(15)16)3-5-17-6-4-12/h1-2,7H,3-6H2,(H,15,16). The van der Waals surface area contributed by atoms with E-state index in [1.807, 2.05) is 0 Å². The number of rotatable bonds is 2. The summed E-state index contributed by atoms with van der Waals surface area (Å²) in [7, 11) is 0. The lowest BCUT2D eigenvalue weighted by Gasteiger charge is -2.33. The van der Waals surface area contributed by atoms with Gasteiger partial charge in [0.1, 0.15) is 5.82 Å². The third-order valence-electron chi connectivity index (χ3n) is 3.23. The molecule has 17 heavy (non-hydrogen) atoms. The van der Waals surface area contributed by atoms with Gasteiger partial charge in [-0.25, -0.2) is 4.39 Å². The quantitative estimate of drug-likeness (QED) is 0.887. The molecule has 5 heteroatoms. The van der Waals surface area contributed by atoms with E-state index in [1.165, 1.54) is 18.2 Å². The molecular weight excluding hydrogens is 247 g/mol. The summed E-state index contributed by atoms with van der Waals surface area (Å²) < 4.78 is 18.3. The summed E-state index contributed by atoms with van der Waals surface area (Å²) in [5, 5.41) is 9.36. The number of hydrogen-bond acceptors (Lipinski definition) is 2. The maximum atomic E-state index is 13.1. The van der Waals surface area contributed by atoms with Crippen molar-refractivity contribution in [3.05, 3.63) is 34.6 Å². The topological polar surface area (TPSA) is 46.5 Å². The minimum Gasteiger partial charge on any atom is -0.481 e. The summed E-state index contributed by atoms with van der Waals surface area (Å²) in [4.78, 5) is 11.5. The second kappa shape index (κ2) is 4.63. The normalized spacial score (nSPS) is 18.9. The van der Waals surface area contributed by atoms with E-state index in [0.29, 0.717) is 31.6 Å². The van der Waals surface area contributed by atoms with Crippen LogP contribution in [0.5, 0.6) is 0 Å². The van der Waals surface area contributed by atoms with E-state index in [0.717, 1.165) is 0 Å². The largest absolute Gasteiger partial charge is 0.481 e. The van der Waals surface area contributed by atoms with Crippen LogP contribution in [0.4, 0.5) is 4.39 Å². The molecule has 1 heterocycles. The van der Waals surface area contributed by atoms with E-state index in [4.69, 9.17) is 16.3 Å². The van der Waals surface area contributed by atoms with Crippen molar-refractivity contribution in [3.63, 3.8) is 0 Å². The van der Waals surface area contributed by atoms with Gasteiger partial charge in [0.2, 0.25) is 0 Å². The lowest BCUT2D eigenvalue weighted by atomic mass is 9.74. The molecule has 0 radical (unpaired) electrons. The molecule has 0 unspecified atom stereocenters. The molecule has 1 aromatic rings. The van der Waals surface area contributed by atoms with Crippen molar-refractivity contribution in [3.8, 4) is 0 Å². The van der Waals surface area contributed by atoms with Gasteiger partial charge in [-0.15, -0.1) is 0 Å². The van der Waals surface area contributed by atoms with Crippen LogP contribution >= 0.6 is 11.6 Å². The van der Waals surface area contributed by atoms with Crippen LogP contribution in [0.25, 0.3) is 0 Å². The zero-order valence-electron chi connectivity index (χ0n) is 9.08. The van der Waals surface area contributed by atoms with Crippen molar-refractivity contribution in [2.75, 3.05) is 13.2 Å². The van der Waals surface area contributed by atoms with Crippen LogP contribution in [0.2, 0.25) is 5.02 Å². The first-order valence-electron chi connectivity index (χ1n) is 5.33. The minimum atomic E-state index is -1.00. The molecule has 2 rings (SSSR count). The van der Waals surface area contributed by atoms with Crippen LogP contribution < -0.4 is 0 Å². The number of carboxylic acid groups (broad SMARTS) is 1. The molecule has 0 aliphatic carbocycles. The van der Waals surface area contributed by atoms with Gasteiger partial charge in [-0.05, 0) is 30.5 Å². The molecule has 0 amide bonds. The van der Waals surface area contributed by atoms with Crippen LogP contribution in [0, 0.1) is 5.82 Å². The Hall–Kier alpha value is -1.13. The third-order valence-corrected chi connectivity index (χ3v) is 3.52. The molecular formula is C12H12ClFO3. The predicted octanol–water partition coefficient (Wildman–Crippen LogP) is 2.61. The first-order valence-corrected chi connectivity index (χ1v) is 5.71. The summed E-state index contributed by atoms with van der Waals surface area (Å²) in [6.07, 6.45) is 0.759. The molecule has 1 saturated heterocycles. The summed E-state index contributed by atoms with van der Waals surface area (Å²) in [5.41, 5.74) is -0.463. The molecule has 1 aromatic carbocycles. The average Bonchev–Trinajstić information content (AvgIpc) is 2.33. The highest BCUT2D eigenvalue weighted by atomic mass is 35.5. The van der Waals surface area contributed by atoms with Crippen molar-refractivity contribution in [2.24, 2.45) is 0 Å². The lowest BCUT2D eigenvalue weighted by molar-refractivity contribution is -0.147. The molecule has 3 nitrogen and oxygen atoms in total. The molecule has 0 saturated carbocycles. The Morgan fingerprint density at radius 3 is 2.59 bits per heavy atom. The van der Waals surface area contributed by atoms with Gasteiger partial charge in [0.05, 0.1) is 10.4 Å². The molecule has 0 aromatic heterocycles. The van der Waals surface area contributed by atoms with E-state index < -0.39 is 17.2 Å². The number of carboxylic acids is 1. The Morgan fingerprint density at radius 2 is 2.06 bits per heavy atom. The second-order valence-electron chi connectivity index (χ2n) is 4.13. The van der Waals surface area contributed by atoms with Crippen LogP contribution in [-0.2, 0) is 14.9 Å². The van der Waals surface area contributed by atoms with Gasteiger partial charge >= 0.3 is 5.97 Å². The van der Waals surface area contributed by atoms with Crippen molar-refractivity contribution in [1.82, 2.24) is 0 Å². The van der Waals surface area contributed by atoms with E-state index in [2.05, 4.69) is 0 Å². The van der Waals surface area contributed by atoms with Crippen LogP contribution in [0.1, 0.15) is 18.4 Å². The molecule has 0 atom stereocenters. The summed E-state index contributed by atoms with van der Waals surface area (Å²) in [6, 6.07) is 4.09. The van der Waals surface area contributed by atoms with Crippen LogP contribution in [0.15, 0.2) is 18.2 Å². The first kappa shape index (κ1) is 12.3. The fourth-order valence-electron chi connectivity index (χ4n) is 2.14. The number of benzene rings is 1. The van der Waals surface area contributed by atoms with Crippen LogP contribution in [-0.4, -0.2) is 24.3 Å². The molecule has 1 N–H and O–H groups in total. The van der Waals surface area contributed by atoms with Gasteiger partial charge in [-0.3, -0.25) is 4.79 Å². The van der Waals surface area contributed by atoms with Gasteiger partial charge in [0.25, 0.3) is 0 Å². The van der Waals surface area contributed by atoms with Gasteiger partial charge in [0.15, 0.2) is 0 Å². The SMILES string of the molecule is O=C(O)C1(c2ccc(F)c(Cl)c2)CCOCC1. The predicted molar refractivity (Wildman–Crippen MR) is 60.8 cm³/mol. The summed E-state index contributed by atoms with van der Waals surface area (Å²) >= 11 is 5.70. The Bertz CT molecular complexity index is 441. The van der Waals surface area contributed by atoms with Gasteiger partial charge in [0, 0.05) is 13.2 Å². The van der Waals surface area contributed by atoms with Gasteiger partial charge < -0.3 is 9.84 Å². The number of aliphatic carboxylic acids is 1. The number of halogens is 2. The molecule has 1 aliphatic heterocycles. The number of hydrogen-bond donors (Lipinski definition) is 1. The monoisotopic (exact) mass is 258 g/mol. The van der Waals surface area contributed by atoms with Gasteiger partial charge in [-0.2, -0.15) is 0 Å². The maximum Gasteiger partial charge on any atom is 0.314 e. The van der Waals surface area contributed by atoms with Crippen LogP contribution in [0.3, 0.4) is 0 Å². The van der Waals surface area contributed by atoms with E-state index in [-0.39, 0.29) is 5.02 Å². The van der Waals surface area contributed by atoms with Crippen molar-refractivity contribution in [2.45, 2.75) is 18.3 Å². The smallest absolute Gasteiger partial charge is 0.314 e. The van der Waals surface area contributed by atoms with Gasteiger partial charge in [-0.1, -0.05) is 17.7 Å². The lowest BCUT2D eigenvalue weighted by Crippen LogP contribution is -2.41. The number of ether oxygens (including phenoxy) is 1. The highest BCUT2D eigenvalue weighted by Gasteiger charge is 2.42. The Balaban J connectivity index is 2.45. The first-order chi connectivity index (χ1) is 8.06. The van der Waals surface area contributed by atoms with Crippen molar-refractivity contribution >= 4 is 17.6 Å². The van der Waals surface area contributed by atoms with Crippen molar-refractivity contribution < 1.29 is 19.0 Å². The molecule has 0 spiro atoms. The molecule has 1 fully saturated rings. The van der Waals surface area contributed by atoms with E-state index in [1.54, 1.807) is 0 Å². The highest BCUT2D eigenvalue weighted by molar-refractivity contribution is 6.30. The summed E-state index contributed by atoms with van der Waals surface area (Å²) in [5.74, 6) is -1.45. The Kier molecular flexibility index (Phi) is 3.35. The zero-order valence-corrected chi connectivity index (χ0v) is 9.84. The zero-order chi connectivity index (χ0) is 12.5. The highest BCUT2D eigenvalue weighted by Crippen LogP contribution is 2.36. The third kappa shape index (κ3) is 2.15. The minimum absolute atomic E-state index is 0.0467. The summed E-state index contributed by atoms with van der Waals surface area (Å²) in [6.45, 7) is 0.780. The second-order valence-corrected chi connectivity index (χ2v) is 4.54.